The summed E-state index contributed by atoms with van der Waals surface area (Å²) in [6.07, 6.45) is 12.2. The number of nitrogens with zero attached hydrogens (tertiary/aromatic N) is 2. The van der Waals surface area contributed by atoms with Crippen LogP contribution in [0.3, 0.4) is 0 Å². The Hall–Kier alpha value is -2.88. The summed E-state index contributed by atoms with van der Waals surface area (Å²) >= 11 is 6.43. The number of benzene rings is 2. The summed E-state index contributed by atoms with van der Waals surface area (Å²) in [6, 6.07) is 11.7. The first-order valence-corrected chi connectivity index (χ1v) is 18.4. The summed E-state index contributed by atoms with van der Waals surface area (Å²) in [4.78, 5) is 28.8. The van der Waals surface area contributed by atoms with Crippen molar-refractivity contribution in [2.45, 2.75) is 69.3 Å². The highest BCUT2D eigenvalue weighted by Crippen LogP contribution is 2.47. The van der Waals surface area contributed by atoms with Crippen LogP contribution in [-0.4, -0.2) is 54.7 Å². The monoisotopic (exact) mass is 651 g/mol. The Morgan fingerprint density at radius 2 is 2.02 bits per heavy atom. The number of nitrogens with one attached hydrogen (secondary N) is 1. The van der Waals surface area contributed by atoms with Crippen LogP contribution in [0.15, 0.2) is 52.9 Å². The summed E-state index contributed by atoms with van der Waals surface area (Å²) < 4.78 is 33.4. The molecule has 10 heteroatoms. The molecule has 2 amide bonds. The molecule has 1 unspecified atom stereocenters. The van der Waals surface area contributed by atoms with E-state index in [0.717, 1.165) is 74.5 Å². The molecule has 7 rings (SSSR count). The number of hydrogen-bond acceptors (Lipinski definition) is 6. The number of rotatable bonds is 3. The molecule has 5 aliphatic rings. The first-order valence-electron chi connectivity index (χ1n) is 16.4. The fourth-order valence-electron chi connectivity index (χ4n) is 7.70. The quantitative estimate of drug-likeness (QED) is 0.394. The van der Waals surface area contributed by atoms with E-state index in [2.05, 4.69) is 38.3 Å². The van der Waals surface area contributed by atoms with Crippen LogP contribution in [0.25, 0.3) is 0 Å². The number of methoxy groups -OCH3 is 1. The van der Waals surface area contributed by atoms with E-state index in [1.54, 1.807) is 13.2 Å². The predicted octanol–water partition coefficient (Wildman–Crippen LogP) is 6.25. The number of allylic oxidation sites excluding steroid dienone is 1. The van der Waals surface area contributed by atoms with Crippen molar-refractivity contribution in [3.05, 3.63) is 70.3 Å². The Morgan fingerprint density at radius 3 is 2.80 bits per heavy atom. The maximum absolute atomic E-state index is 14.0. The van der Waals surface area contributed by atoms with Crippen molar-refractivity contribution in [3.8, 4) is 5.75 Å². The largest absolute Gasteiger partial charge is 0.490 e. The van der Waals surface area contributed by atoms with Crippen LogP contribution >= 0.6 is 11.6 Å². The van der Waals surface area contributed by atoms with Crippen LogP contribution in [0.1, 0.15) is 72.9 Å². The molecule has 3 aliphatic carbocycles. The molecule has 240 valence electrons. The Labute approximate surface area is 271 Å². The Balaban J connectivity index is 1.30. The van der Waals surface area contributed by atoms with Crippen LogP contribution < -0.4 is 14.4 Å². The fraction of sp³-hybridized carbons (Fsp3) is 0.543. The zero-order valence-electron chi connectivity index (χ0n) is 25.8. The van der Waals surface area contributed by atoms with Crippen molar-refractivity contribution in [1.82, 2.24) is 4.72 Å². The molecule has 0 aromatic heterocycles. The zero-order chi connectivity index (χ0) is 31.2. The van der Waals surface area contributed by atoms with E-state index in [4.69, 9.17) is 21.1 Å². The lowest BCUT2D eigenvalue weighted by molar-refractivity contribution is -0.120. The second-order valence-corrected chi connectivity index (χ2v) is 16.1. The molecule has 2 aromatic carbocycles. The van der Waals surface area contributed by atoms with Crippen LogP contribution in [0.2, 0.25) is 5.02 Å². The number of halogens is 1. The fourth-order valence-corrected chi connectivity index (χ4v) is 9.55. The molecule has 2 heterocycles. The molecule has 2 aromatic rings. The molecule has 1 N–H and O–H groups in total. The Morgan fingerprint density at radius 1 is 1.16 bits per heavy atom. The van der Waals surface area contributed by atoms with Gasteiger partial charge in [-0.3, -0.25) is 14.3 Å². The lowest BCUT2D eigenvalue weighted by Crippen LogP contribution is -2.49. The number of ether oxygens (including phenoxy) is 2. The minimum absolute atomic E-state index is 0.0117. The minimum Gasteiger partial charge on any atom is -0.490 e. The molecule has 2 fully saturated rings. The van der Waals surface area contributed by atoms with Crippen molar-refractivity contribution in [3.63, 3.8) is 0 Å². The number of anilines is 1. The third-order valence-corrected chi connectivity index (χ3v) is 12.5. The normalized spacial score (nSPS) is 32.2. The van der Waals surface area contributed by atoms with Crippen LogP contribution in [0.4, 0.5) is 5.69 Å². The molecular weight excluding hydrogens is 610 g/mol. The molecule has 45 heavy (non-hydrogen) atoms. The molecule has 2 bridgehead atoms. The predicted molar refractivity (Wildman–Crippen MR) is 176 cm³/mol. The topological polar surface area (TPSA) is 97.3 Å². The SMILES string of the molecule is CO[C@H]1/C=C\CCCS(=O)(NC(=O)C2CC2)=NC(=O)c2ccc3c(c2)N(C[C@@H]2CC[C@H]21)C[C@@]1(CCCc2cc(Cl)ccc21)CO3. The van der Waals surface area contributed by atoms with E-state index in [9.17, 15) is 13.8 Å². The maximum Gasteiger partial charge on any atom is 0.286 e. The third-order valence-electron chi connectivity index (χ3n) is 10.5. The van der Waals surface area contributed by atoms with Crippen LogP contribution in [0, 0.1) is 17.8 Å². The smallest absolute Gasteiger partial charge is 0.286 e. The minimum atomic E-state index is -3.29. The van der Waals surface area contributed by atoms with Gasteiger partial charge in [0.05, 0.1) is 24.2 Å². The van der Waals surface area contributed by atoms with Gasteiger partial charge in [0.1, 0.15) is 15.7 Å². The molecule has 0 saturated heterocycles. The summed E-state index contributed by atoms with van der Waals surface area (Å²) in [5, 5.41) is 0.751. The Bertz CT molecular complexity index is 1650. The Kier molecular flexibility index (Phi) is 8.46. The van der Waals surface area contributed by atoms with Crippen LogP contribution in [0.5, 0.6) is 5.75 Å². The molecule has 0 radical (unpaired) electrons. The highest BCUT2D eigenvalue weighted by atomic mass is 35.5. The second kappa shape index (κ2) is 12.4. The second-order valence-electron chi connectivity index (χ2n) is 13.5. The van der Waals surface area contributed by atoms with Gasteiger partial charge in [-0.25, -0.2) is 4.21 Å². The van der Waals surface area contributed by atoms with Gasteiger partial charge in [0.15, 0.2) is 0 Å². The highest BCUT2D eigenvalue weighted by Gasteiger charge is 2.44. The van der Waals surface area contributed by atoms with Crippen LogP contribution in [-0.2, 0) is 31.3 Å². The van der Waals surface area contributed by atoms with Gasteiger partial charge in [0.25, 0.3) is 5.91 Å². The first kappa shape index (κ1) is 30.8. The van der Waals surface area contributed by atoms with Gasteiger partial charge in [0, 0.05) is 42.1 Å². The number of carbonyl (C=O) groups is 2. The van der Waals surface area contributed by atoms with Gasteiger partial charge in [0.2, 0.25) is 5.91 Å². The maximum atomic E-state index is 14.0. The van der Waals surface area contributed by atoms with Gasteiger partial charge in [-0.15, -0.1) is 4.36 Å². The molecule has 1 spiro atoms. The van der Waals surface area contributed by atoms with E-state index in [-0.39, 0.29) is 29.1 Å². The van der Waals surface area contributed by atoms with E-state index >= 15 is 0 Å². The van der Waals surface area contributed by atoms with Crippen molar-refractivity contribution in [2.24, 2.45) is 22.1 Å². The lowest BCUT2D eigenvalue weighted by atomic mass is 9.68. The van der Waals surface area contributed by atoms with Crippen molar-refractivity contribution in [1.29, 1.82) is 0 Å². The van der Waals surface area contributed by atoms with Gasteiger partial charge in [-0.05, 0) is 111 Å². The number of fused-ring (bicyclic) bond motifs is 4. The zero-order valence-corrected chi connectivity index (χ0v) is 27.4. The van der Waals surface area contributed by atoms with E-state index in [0.29, 0.717) is 36.8 Å². The molecular formula is C35H42ClN3O5S. The van der Waals surface area contributed by atoms with Crippen molar-refractivity contribution >= 4 is 39.0 Å². The molecule has 2 saturated carbocycles. The highest BCUT2D eigenvalue weighted by molar-refractivity contribution is 7.92. The summed E-state index contributed by atoms with van der Waals surface area (Å²) in [5.74, 6) is 0.631. The number of aryl methyl sites for hydroxylation is 1. The van der Waals surface area contributed by atoms with Gasteiger partial charge in [-0.2, -0.15) is 0 Å². The number of carbonyl (C=O) groups excluding carboxylic acids is 2. The molecule has 8 nitrogen and oxygen atoms in total. The van der Waals surface area contributed by atoms with Gasteiger partial charge in [-0.1, -0.05) is 29.8 Å². The third kappa shape index (κ3) is 6.28. The van der Waals surface area contributed by atoms with Gasteiger partial charge >= 0.3 is 0 Å². The van der Waals surface area contributed by atoms with Crippen molar-refractivity contribution in [2.75, 3.05) is 37.5 Å². The van der Waals surface area contributed by atoms with E-state index in [1.165, 1.54) is 11.1 Å². The number of hydrogen-bond donors (Lipinski definition) is 1. The molecule has 5 atom stereocenters. The lowest BCUT2D eigenvalue weighted by Gasteiger charge is -2.46. The van der Waals surface area contributed by atoms with Crippen molar-refractivity contribution < 1.29 is 23.3 Å². The summed E-state index contributed by atoms with van der Waals surface area (Å²) in [6.45, 7) is 2.08. The molecule has 2 aliphatic heterocycles. The average molecular weight is 652 g/mol. The van der Waals surface area contributed by atoms with E-state index in [1.807, 2.05) is 18.2 Å². The first-order chi connectivity index (χ1) is 21.8. The van der Waals surface area contributed by atoms with E-state index < -0.39 is 15.8 Å². The van der Waals surface area contributed by atoms with Gasteiger partial charge < -0.3 is 14.4 Å². The standard InChI is InChI=1S/C35H42ClN3O5S/c1-43-31-7-3-2-4-17-45(42,37-33(40)23-8-9-23)38-34(41)25-11-15-32-30(19-25)39(20-26-10-13-28(26)31)21-35(22-44-32)16-5-6-24-18-27(36)12-14-29(24)35/h3,7,11-12,14-15,18-19,23,26,28,31H,2,4-6,8-10,13,16-17,20-22H2,1H3,(H,37,38,40,41,42)/b7-3-/t26-,28+,31-,35-,45?/m0/s1. The average Bonchev–Trinajstić information content (AvgIpc) is 3.87. The summed E-state index contributed by atoms with van der Waals surface area (Å²) in [7, 11) is -1.52. The number of amides is 2. The summed E-state index contributed by atoms with van der Waals surface area (Å²) in [5.41, 5.74) is 3.53.